The molecular formula is C19H13ClF3N3O2S. The Hall–Kier alpha value is -2.91. The highest BCUT2D eigenvalue weighted by atomic mass is 35.5. The van der Waals surface area contributed by atoms with Crippen molar-refractivity contribution in [3.8, 4) is 0 Å². The van der Waals surface area contributed by atoms with Crippen LogP contribution in [0, 0.1) is 0 Å². The Morgan fingerprint density at radius 3 is 2.34 bits per heavy atom. The molecule has 0 unspecified atom stereocenters. The lowest BCUT2D eigenvalue weighted by Gasteiger charge is -2.08. The van der Waals surface area contributed by atoms with Crippen LogP contribution in [-0.2, 0) is 4.79 Å². The molecule has 1 aromatic heterocycles. The van der Waals surface area contributed by atoms with E-state index in [1.807, 2.05) is 24.3 Å². The van der Waals surface area contributed by atoms with Crippen LogP contribution in [0.15, 0.2) is 53.6 Å². The molecule has 0 saturated carbocycles. The lowest BCUT2D eigenvalue weighted by molar-refractivity contribution is -0.167. The summed E-state index contributed by atoms with van der Waals surface area (Å²) in [6.07, 6.45) is -4.96. The molecule has 2 N–H and O–H groups in total. The summed E-state index contributed by atoms with van der Waals surface area (Å²) >= 11 is 7.51. The maximum atomic E-state index is 12.4. The summed E-state index contributed by atoms with van der Waals surface area (Å²) in [6.45, 7) is 1.62. The quantitative estimate of drug-likeness (QED) is 0.432. The molecule has 0 radical (unpaired) electrons. The number of carbonyl (C=O) groups excluding carboxylic acids is 2. The molecule has 0 aliphatic heterocycles. The van der Waals surface area contributed by atoms with Gasteiger partial charge >= 0.3 is 12.1 Å². The molecule has 0 bridgehead atoms. The first-order chi connectivity index (χ1) is 13.7. The van der Waals surface area contributed by atoms with Crippen molar-refractivity contribution < 1.29 is 22.8 Å². The van der Waals surface area contributed by atoms with E-state index in [2.05, 4.69) is 10.5 Å². The molecule has 3 aromatic rings. The molecule has 0 atom stereocenters. The first kappa shape index (κ1) is 20.8. The van der Waals surface area contributed by atoms with Gasteiger partial charge in [-0.25, -0.2) is 5.43 Å². The largest absolute Gasteiger partial charge is 0.471 e. The second-order valence-electron chi connectivity index (χ2n) is 5.91. The predicted octanol–water partition coefficient (Wildman–Crippen LogP) is 5.21. The fourth-order valence-corrected chi connectivity index (χ4v) is 3.81. The van der Waals surface area contributed by atoms with Crippen LogP contribution in [0.25, 0.3) is 10.1 Å². The van der Waals surface area contributed by atoms with Gasteiger partial charge in [0.25, 0.3) is 5.91 Å². The van der Waals surface area contributed by atoms with Crippen molar-refractivity contribution in [1.82, 2.24) is 5.43 Å². The minimum absolute atomic E-state index is 0.00929. The Kier molecular flexibility index (Phi) is 5.90. The summed E-state index contributed by atoms with van der Waals surface area (Å²) in [7, 11) is 0. The number of hydrogen-bond donors (Lipinski definition) is 2. The van der Waals surface area contributed by atoms with Crippen molar-refractivity contribution in [1.29, 1.82) is 0 Å². The van der Waals surface area contributed by atoms with Crippen molar-refractivity contribution in [2.75, 3.05) is 5.32 Å². The minimum Gasteiger partial charge on any atom is -0.318 e. The Balaban J connectivity index is 1.70. The highest BCUT2D eigenvalue weighted by Crippen LogP contribution is 2.34. The molecule has 0 fully saturated rings. The molecule has 10 heteroatoms. The van der Waals surface area contributed by atoms with Gasteiger partial charge in [0.15, 0.2) is 0 Å². The molecule has 2 amide bonds. The number of nitrogens with one attached hydrogen (secondary N) is 2. The fraction of sp³-hybridized carbons (Fsp3) is 0.105. The third-order valence-electron chi connectivity index (χ3n) is 3.88. The minimum atomic E-state index is -4.96. The molecule has 0 aliphatic rings. The van der Waals surface area contributed by atoms with E-state index in [9.17, 15) is 22.8 Å². The lowest BCUT2D eigenvalue weighted by Crippen LogP contribution is -2.29. The fourth-order valence-electron chi connectivity index (χ4n) is 2.41. The van der Waals surface area contributed by atoms with E-state index < -0.39 is 18.0 Å². The van der Waals surface area contributed by atoms with E-state index in [-0.39, 0.29) is 5.69 Å². The zero-order chi connectivity index (χ0) is 21.2. The number of anilines is 1. The Morgan fingerprint density at radius 1 is 1.07 bits per heavy atom. The molecule has 5 nitrogen and oxygen atoms in total. The summed E-state index contributed by atoms with van der Waals surface area (Å²) in [5.41, 5.74) is 3.39. The van der Waals surface area contributed by atoms with Gasteiger partial charge in [-0.1, -0.05) is 41.9 Å². The number of rotatable bonds is 4. The van der Waals surface area contributed by atoms with Gasteiger partial charge in [-0.3, -0.25) is 9.59 Å². The Labute approximate surface area is 172 Å². The van der Waals surface area contributed by atoms with Gasteiger partial charge in [0, 0.05) is 15.8 Å². The average molecular weight is 440 g/mol. The van der Waals surface area contributed by atoms with E-state index in [0.717, 1.165) is 10.1 Å². The standard InChI is InChI=1S/C19H13ClF3N3O2S/c1-10(11-6-8-12(9-7-11)24-18(28)19(21,22)23)25-26-17(27)16-15(20)13-4-2-3-5-14(13)29-16/h2-9H,1H3,(H,24,28)(H,26,27). The highest BCUT2D eigenvalue weighted by Gasteiger charge is 2.38. The van der Waals surface area contributed by atoms with Crippen molar-refractivity contribution in [3.63, 3.8) is 0 Å². The zero-order valence-electron chi connectivity index (χ0n) is 14.8. The molecule has 1 heterocycles. The third kappa shape index (κ3) is 4.75. The predicted molar refractivity (Wildman–Crippen MR) is 108 cm³/mol. The van der Waals surface area contributed by atoms with Crippen LogP contribution in [-0.4, -0.2) is 23.7 Å². The monoisotopic (exact) mass is 439 g/mol. The Morgan fingerprint density at radius 2 is 1.72 bits per heavy atom. The molecule has 0 aliphatic carbocycles. The smallest absolute Gasteiger partial charge is 0.318 e. The topological polar surface area (TPSA) is 70.6 Å². The summed E-state index contributed by atoms with van der Waals surface area (Å²) in [5.74, 6) is -2.52. The molecule has 3 rings (SSSR count). The van der Waals surface area contributed by atoms with Gasteiger partial charge in [0.05, 0.1) is 10.7 Å². The summed E-state index contributed by atoms with van der Waals surface area (Å²) in [4.78, 5) is 23.7. The van der Waals surface area contributed by atoms with Gasteiger partial charge in [-0.15, -0.1) is 11.3 Å². The second-order valence-corrected chi connectivity index (χ2v) is 7.34. The van der Waals surface area contributed by atoms with Crippen LogP contribution in [0.2, 0.25) is 5.02 Å². The van der Waals surface area contributed by atoms with Crippen LogP contribution in [0.5, 0.6) is 0 Å². The molecule has 2 aromatic carbocycles. The van der Waals surface area contributed by atoms with Gasteiger partial charge in [-0.05, 0) is 30.7 Å². The normalized spacial score (nSPS) is 12.1. The summed E-state index contributed by atoms with van der Waals surface area (Å²) in [5, 5.41) is 6.89. The zero-order valence-corrected chi connectivity index (χ0v) is 16.4. The number of carbonyl (C=O) groups is 2. The van der Waals surface area contributed by atoms with Gasteiger partial charge in [0.1, 0.15) is 4.88 Å². The number of hydrazone groups is 1. The number of halogens is 4. The first-order valence-electron chi connectivity index (χ1n) is 8.17. The van der Waals surface area contributed by atoms with Gasteiger partial charge < -0.3 is 5.32 Å². The SMILES string of the molecule is CC(=NNC(=O)c1sc2ccccc2c1Cl)c1ccc(NC(=O)C(F)(F)F)cc1. The third-order valence-corrected chi connectivity index (χ3v) is 5.56. The maximum Gasteiger partial charge on any atom is 0.471 e. The van der Waals surface area contributed by atoms with Crippen LogP contribution in [0.4, 0.5) is 18.9 Å². The van der Waals surface area contributed by atoms with Crippen LogP contribution in [0.1, 0.15) is 22.2 Å². The van der Waals surface area contributed by atoms with Gasteiger partial charge in [-0.2, -0.15) is 18.3 Å². The van der Waals surface area contributed by atoms with E-state index in [0.29, 0.717) is 21.2 Å². The van der Waals surface area contributed by atoms with Crippen LogP contribution in [0.3, 0.4) is 0 Å². The van der Waals surface area contributed by atoms with E-state index >= 15 is 0 Å². The Bertz CT molecular complexity index is 1110. The summed E-state index contributed by atoms with van der Waals surface area (Å²) in [6, 6.07) is 12.9. The number of amides is 2. The highest BCUT2D eigenvalue weighted by molar-refractivity contribution is 7.21. The first-order valence-corrected chi connectivity index (χ1v) is 9.36. The van der Waals surface area contributed by atoms with Gasteiger partial charge in [0.2, 0.25) is 0 Å². The number of fused-ring (bicyclic) bond motifs is 1. The average Bonchev–Trinajstić information content (AvgIpc) is 3.03. The molecular weight excluding hydrogens is 427 g/mol. The number of thiophene rings is 1. The van der Waals surface area contributed by atoms with Crippen molar-refractivity contribution in [3.05, 3.63) is 64.0 Å². The second kappa shape index (κ2) is 8.22. The van der Waals surface area contributed by atoms with Crippen molar-refractivity contribution in [2.45, 2.75) is 13.1 Å². The van der Waals surface area contributed by atoms with Crippen LogP contribution < -0.4 is 10.7 Å². The maximum absolute atomic E-state index is 12.4. The molecule has 0 spiro atoms. The van der Waals surface area contributed by atoms with E-state index in [4.69, 9.17) is 11.6 Å². The van der Waals surface area contributed by atoms with E-state index in [1.54, 1.807) is 12.2 Å². The van der Waals surface area contributed by atoms with Crippen molar-refractivity contribution in [2.24, 2.45) is 5.10 Å². The number of hydrogen-bond acceptors (Lipinski definition) is 4. The lowest BCUT2D eigenvalue weighted by atomic mass is 10.1. The number of nitrogens with zero attached hydrogens (tertiary/aromatic N) is 1. The summed E-state index contributed by atoms with van der Waals surface area (Å²) < 4.78 is 37.7. The van der Waals surface area contributed by atoms with E-state index in [1.165, 1.54) is 35.6 Å². The molecule has 150 valence electrons. The molecule has 29 heavy (non-hydrogen) atoms. The molecule has 0 saturated heterocycles. The van der Waals surface area contributed by atoms with Crippen LogP contribution >= 0.6 is 22.9 Å². The van der Waals surface area contributed by atoms with Crippen molar-refractivity contribution >= 4 is 56.2 Å². The number of benzene rings is 2. The number of alkyl halides is 3.